The Balaban J connectivity index is 1.36. The van der Waals surface area contributed by atoms with Crippen molar-refractivity contribution >= 4 is 73.6 Å². The number of rotatable bonds is 9. The van der Waals surface area contributed by atoms with Crippen molar-refractivity contribution in [3.05, 3.63) is 93.3 Å². The van der Waals surface area contributed by atoms with Crippen LogP contribution in [0.2, 0.25) is 0 Å². The number of thiazole rings is 1. The van der Waals surface area contributed by atoms with Gasteiger partial charge >= 0.3 is 11.9 Å². The number of thioether (sulfide) groups is 1. The zero-order chi connectivity index (χ0) is 27.2. The van der Waals surface area contributed by atoms with E-state index in [4.69, 9.17) is 5.11 Å². The Labute approximate surface area is 233 Å². The smallest absolute Gasteiger partial charge is 0.336 e. The highest BCUT2D eigenvalue weighted by Crippen LogP contribution is 2.27. The summed E-state index contributed by atoms with van der Waals surface area (Å²) in [5.74, 6) is -3.56. The van der Waals surface area contributed by atoms with Gasteiger partial charge in [0.05, 0.1) is 28.1 Å². The number of aromatic carboxylic acids is 2. The number of carboxylic acids is 2. The molecule has 0 saturated heterocycles. The summed E-state index contributed by atoms with van der Waals surface area (Å²) in [4.78, 5) is 53.0. The van der Waals surface area contributed by atoms with Crippen LogP contribution in [0.25, 0.3) is 11.3 Å². The molecule has 1 heterocycles. The number of hydrogen-bond acceptors (Lipinski definition) is 7. The second kappa shape index (κ2) is 12.0. The second-order valence-electron chi connectivity index (χ2n) is 7.73. The predicted molar refractivity (Wildman–Crippen MR) is 149 cm³/mol. The van der Waals surface area contributed by atoms with Gasteiger partial charge in [-0.1, -0.05) is 34.1 Å². The molecule has 0 aliphatic rings. The Kier molecular flexibility index (Phi) is 8.56. The topological polar surface area (TPSA) is 146 Å². The molecule has 0 spiro atoms. The highest BCUT2D eigenvalue weighted by Gasteiger charge is 2.19. The van der Waals surface area contributed by atoms with Crippen LogP contribution in [0.5, 0.6) is 0 Å². The summed E-state index contributed by atoms with van der Waals surface area (Å²) in [7, 11) is 0. The molecule has 0 unspecified atom stereocenters. The molecule has 4 N–H and O–H groups in total. The molecular formula is C26H18BrN3O6S2. The lowest BCUT2D eigenvalue weighted by Gasteiger charge is -2.10. The van der Waals surface area contributed by atoms with E-state index >= 15 is 0 Å². The fourth-order valence-electron chi connectivity index (χ4n) is 3.30. The molecule has 0 aliphatic heterocycles. The number of hydrogen-bond donors (Lipinski definition) is 4. The van der Waals surface area contributed by atoms with E-state index in [1.54, 1.807) is 24.3 Å². The first-order chi connectivity index (χ1) is 18.2. The van der Waals surface area contributed by atoms with Crippen molar-refractivity contribution in [1.82, 2.24) is 4.98 Å². The van der Waals surface area contributed by atoms with E-state index in [0.29, 0.717) is 15.7 Å². The zero-order valence-corrected chi connectivity index (χ0v) is 22.5. The third kappa shape index (κ3) is 6.85. The first-order valence-electron chi connectivity index (χ1n) is 10.9. The number of aromatic nitrogens is 1. The molecule has 0 fully saturated rings. The minimum absolute atomic E-state index is 0.102. The van der Waals surface area contributed by atoms with Gasteiger partial charge in [-0.25, -0.2) is 14.6 Å². The van der Waals surface area contributed by atoms with E-state index in [1.807, 2.05) is 29.6 Å². The summed E-state index contributed by atoms with van der Waals surface area (Å²) in [6.07, 6.45) is 0. The summed E-state index contributed by atoms with van der Waals surface area (Å²) in [6, 6.07) is 17.7. The molecule has 4 aromatic rings. The third-order valence-electron chi connectivity index (χ3n) is 5.09. The maximum Gasteiger partial charge on any atom is 0.336 e. The van der Waals surface area contributed by atoms with Gasteiger partial charge in [0.25, 0.3) is 5.91 Å². The SMILES string of the molecule is O=C(CSc1cccc(NC(=O)c2ccc(C(=O)O)cc2C(=O)O)c1)Nc1nc(-c2ccc(Br)cc2)cs1. The van der Waals surface area contributed by atoms with Gasteiger partial charge in [-0.05, 0) is 48.5 Å². The fourth-order valence-corrected chi connectivity index (χ4v) is 5.06. The number of nitrogens with zero attached hydrogens (tertiary/aromatic N) is 1. The molecule has 12 heteroatoms. The van der Waals surface area contributed by atoms with Crippen molar-refractivity contribution in [3.63, 3.8) is 0 Å². The maximum absolute atomic E-state index is 12.7. The maximum atomic E-state index is 12.7. The summed E-state index contributed by atoms with van der Waals surface area (Å²) < 4.78 is 0.963. The highest BCUT2D eigenvalue weighted by atomic mass is 79.9. The first kappa shape index (κ1) is 27.0. The van der Waals surface area contributed by atoms with E-state index in [9.17, 15) is 24.3 Å². The van der Waals surface area contributed by atoms with Gasteiger partial charge in [0.1, 0.15) is 0 Å². The molecule has 0 bridgehead atoms. The molecule has 38 heavy (non-hydrogen) atoms. The Morgan fingerprint density at radius 2 is 1.66 bits per heavy atom. The number of carbonyl (C=O) groups is 4. The van der Waals surface area contributed by atoms with Gasteiger partial charge in [-0.15, -0.1) is 23.1 Å². The van der Waals surface area contributed by atoms with Crippen LogP contribution in [-0.4, -0.2) is 44.7 Å². The molecule has 4 rings (SSSR count). The number of benzene rings is 3. The monoisotopic (exact) mass is 611 g/mol. The third-order valence-corrected chi connectivity index (χ3v) is 7.37. The van der Waals surface area contributed by atoms with Crippen molar-refractivity contribution in [1.29, 1.82) is 0 Å². The lowest BCUT2D eigenvalue weighted by molar-refractivity contribution is -0.113. The van der Waals surface area contributed by atoms with Gasteiger partial charge in [0.2, 0.25) is 5.91 Å². The van der Waals surface area contributed by atoms with Crippen LogP contribution in [0.15, 0.2) is 81.5 Å². The second-order valence-corrected chi connectivity index (χ2v) is 10.6. The summed E-state index contributed by atoms with van der Waals surface area (Å²) >= 11 is 5.97. The highest BCUT2D eigenvalue weighted by molar-refractivity contribution is 9.10. The van der Waals surface area contributed by atoms with Crippen molar-refractivity contribution in [2.75, 3.05) is 16.4 Å². The van der Waals surface area contributed by atoms with E-state index in [-0.39, 0.29) is 22.8 Å². The van der Waals surface area contributed by atoms with Crippen LogP contribution in [0, 0.1) is 0 Å². The van der Waals surface area contributed by atoms with E-state index in [0.717, 1.165) is 27.9 Å². The number of carboxylic acid groups (broad SMARTS) is 2. The number of anilines is 2. The molecule has 0 aliphatic carbocycles. The van der Waals surface area contributed by atoms with Gasteiger partial charge in [-0.3, -0.25) is 9.59 Å². The molecular weight excluding hydrogens is 594 g/mol. The van der Waals surface area contributed by atoms with E-state index in [1.165, 1.54) is 29.2 Å². The van der Waals surface area contributed by atoms with Crippen LogP contribution in [0.3, 0.4) is 0 Å². The molecule has 0 atom stereocenters. The van der Waals surface area contributed by atoms with Gasteiger partial charge in [-0.2, -0.15) is 0 Å². The van der Waals surface area contributed by atoms with Crippen molar-refractivity contribution in [2.45, 2.75) is 4.90 Å². The number of amides is 2. The van der Waals surface area contributed by atoms with Crippen LogP contribution in [0.4, 0.5) is 10.8 Å². The standard InChI is InChI=1S/C26H18BrN3O6S2/c27-16-7-4-14(5-8-16)21-12-38-26(29-21)30-22(31)13-37-18-3-1-2-17(11-18)28-23(32)19-9-6-15(24(33)34)10-20(19)25(35)36/h1-12H,13H2,(H,28,32)(H,33,34)(H,35,36)(H,29,30,31). The molecule has 1 aromatic heterocycles. The van der Waals surface area contributed by atoms with E-state index < -0.39 is 23.4 Å². The van der Waals surface area contributed by atoms with Gasteiger partial charge < -0.3 is 20.8 Å². The predicted octanol–water partition coefficient (Wildman–Crippen LogP) is 5.95. The molecule has 9 nitrogen and oxygen atoms in total. The van der Waals surface area contributed by atoms with Gasteiger partial charge in [0, 0.05) is 26.0 Å². The average Bonchev–Trinajstić information content (AvgIpc) is 3.36. The average molecular weight is 612 g/mol. The fraction of sp³-hybridized carbons (Fsp3) is 0.0385. The Bertz CT molecular complexity index is 1540. The summed E-state index contributed by atoms with van der Waals surface area (Å²) in [5, 5.41) is 26.2. The van der Waals surface area contributed by atoms with Crippen LogP contribution >= 0.6 is 39.0 Å². The number of carbonyl (C=O) groups excluding carboxylic acids is 2. The Hall–Kier alpha value is -4.00. The van der Waals surface area contributed by atoms with Crippen LogP contribution in [0.1, 0.15) is 31.1 Å². The lowest BCUT2D eigenvalue weighted by atomic mass is 10.0. The quantitative estimate of drug-likeness (QED) is 0.170. The normalized spacial score (nSPS) is 10.6. The number of halogens is 1. The summed E-state index contributed by atoms with van der Waals surface area (Å²) in [6.45, 7) is 0. The van der Waals surface area contributed by atoms with Crippen molar-refractivity contribution in [3.8, 4) is 11.3 Å². The Morgan fingerprint density at radius 1 is 0.895 bits per heavy atom. The first-order valence-corrected chi connectivity index (χ1v) is 13.5. The minimum atomic E-state index is -1.42. The minimum Gasteiger partial charge on any atom is -0.478 e. The number of nitrogens with one attached hydrogen (secondary N) is 2. The van der Waals surface area contributed by atoms with Crippen LogP contribution in [-0.2, 0) is 4.79 Å². The molecule has 0 saturated carbocycles. The molecule has 2 amide bonds. The summed E-state index contributed by atoms with van der Waals surface area (Å²) in [5.41, 5.74) is 1.25. The molecule has 3 aromatic carbocycles. The van der Waals surface area contributed by atoms with Crippen molar-refractivity contribution in [2.24, 2.45) is 0 Å². The lowest BCUT2D eigenvalue weighted by Crippen LogP contribution is -2.17. The molecule has 192 valence electrons. The Morgan fingerprint density at radius 3 is 2.37 bits per heavy atom. The zero-order valence-electron chi connectivity index (χ0n) is 19.3. The van der Waals surface area contributed by atoms with Gasteiger partial charge in [0.15, 0.2) is 5.13 Å². The van der Waals surface area contributed by atoms with Crippen LogP contribution < -0.4 is 10.6 Å². The largest absolute Gasteiger partial charge is 0.478 e. The molecule has 0 radical (unpaired) electrons. The van der Waals surface area contributed by atoms with Crippen molar-refractivity contribution < 1.29 is 29.4 Å². The van der Waals surface area contributed by atoms with E-state index in [2.05, 4.69) is 31.5 Å².